The maximum Gasteiger partial charge on any atom is 0.286 e. The van der Waals surface area contributed by atoms with Crippen LogP contribution in [0, 0.1) is 6.92 Å². The third-order valence-corrected chi connectivity index (χ3v) is 2.02. The number of hydrogen-bond donors (Lipinski definition) is 1. The molecule has 0 atom stereocenters. The van der Waals surface area contributed by atoms with E-state index in [4.69, 9.17) is 9.15 Å². The van der Waals surface area contributed by atoms with Crippen LogP contribution >= 0.6 is 0 Å². The van der Waals surface area contributed by atoms with Crippen molar-refractivity contribution >= 4 is 5.91 Å². The summed E-state index contributed by atoms with van der Waals surface area (Å²) in [6, 6.07) is 3.45. The molecule has 0 aliphatic heterocycles. The van der Waals surface area contributed by atoms with Crippen LogP contribution in [0.2, 0.25) is 0 Å². The predicted molar refractivity (Wildman–Crippen MR) is 61.5 cm³/mol. The van der Waals surface area contributed by atoms with Crippen molar-refractivity contribution in [3.05, 3.63) is 23.7 Å². The fraction of sp³-hybridized carbons (Fsp3) is 0.583. The second-order valence-electron chi connectivity index (χ2n) is 3.94. The van der Waals surface area contributed by atoms with E-state index in [-0.39, 0.29) is 12.0 Å². The van der Waals surface area contributed by atoms with Gasteiger partial charge in [-0.25, -0.2) is 0 Å². The van der Waals surface area contributed by atoms with E-state index in [0.29, 0.717) is 18.9 Å². The normalized spacial score (nSPS) is 10.8. The van der Waals surface area contributed by atoms with Crippen molar-refractivity contribution in [2.45, 2.75) is 33.3 Å². The monoisotopic (exact) mass is 225 g/mol. The fourth-order valence-corrected chi connectivity index (χ4v) is 1.24. The minimum atomic E-state index is -0.169. The molecule has 0 spiro atoms. The molecule has 1 amide bonds. The Morgan fingerprint density at radius 3 is 2.81 bits per heavy atom. The Hall–Kier alpha value is -1.29. The summed E-state index contributed by atoms with van der Waals surface area (Å²) >= 11 is 0. The number of hydrogen-bond acceptors (Lipinski definition) is 3. The molecule has 0 aliphatic rings. The van der Waals surface area contributed by atoms with Crippen LogP contribution in [-0.4, -0.2) is 25.2 Å². The molecule has 0 aromatic carbocycles. The summed E-state index contributed by atoms with van der Waals surface area (Å²) in [6.45, 7) is 7.06. The van der Waals surface area contributed by atoms with Crippen LogP contribution in [0.1, 0.15) is 36.6 Å². The van der Waals surface area contributed by atoms with Crippen LogP contribution in [-0.2, 0) is 4.74 Å². The van der Waals surface area contributed by atoms with Crippen molar-refractivity contribution in [2.75, 3.05) is 13.2 Å². The zero-order valence-corrected chi connectivity index (χ0v) is 10.1. The van der Waals surface area contributed by atoms with Gasteiger partial charge < -0.3 is 14.5 Å². The molecular weight excluding hydrogens is 206 g/mol. The van der Waals surface area contributed by atoms with Crippen molar-refractivity contribution in [1.82, 2.24) is 5.32 Å². The molecule has 1 aromatic rings. The Morgan fingerprint density at radius 1 is 1.50 bits per heavy atom. The summed E-state index contributed by atoms with van der Waals surface area (Å²) in [4.78, 5) is 11.5. The van der Waals surface area contributed by atoms with Crippen molar-refractivity contribution in [2.24, 2.45) is 0 Å². The lowest BCUT2D eigenvalue weighted by molar-refractivity contribution is 0.0753. The van der Waals surface area contributed by atoms with Gasteiger partial charge in [0.25, 0.3) is 5.91 Å². The molecule has 4 heteroatoms. The SMILES string of the molecule is Cc1ccc(C(=O)NCCCOC(C)C)o1. The maximum absolute atomic E-state index is 11.5. The average molecular weight is 225 g/mol. The molecule has 0 radical (unpaired) electrons. The zero-order chi connectivity index (χ0) is 12.0. The highest BCUT2D eigenvalue weighted by Crippen LogP contribution is 2.05. The van der Waals surface area contributed by atoms with E-state index in [1.807, 2.05) is 20.8 Å². The molecule has 1 rings (SSSR count). The first-order valence-corrected chi connectivity index (χ1v) is 5.56. The number of carbonyl (C=O) groups is 1. The molecule has 4 nitrogen and oxygen atoms in total. The number of furan rings is 1. The fourth-order valence-electron chi connectivity index (χ4n) is 1.24. The largest absolute Gasteiger partial charge is 0.456 e. The third-order valence-electron chi connectivity index (χ3n) is 2.02. The van der Waals surface area contributed by atoms with Crippen LogP contribution in [0.5, 0.6) is 0 Å². The molecular formula is C12H19NO3. The van der Waals surface area contributed by atoms with Gasteiger partial charge in [0, 0.05) is 13.2 Å². The second-order valence-corrected chi connectivity index (χ2v) is 3.94. The van der Waals surface area contributed by atoms with Gasteiger partial charge >= 0.3 is 0 Å². The average Bonchev–Trinajstić information content (AvgIpc) is 2.63. The smallest absolute Gasteiger partial charge is 0.286 e. The summed E-state index contributed by atoms with van der Waals surface area (Å²) < 4.78 is 10.6. The molecule has 90 valence electrons. The minimum Gasteiger partial charge on any atom is -0.456 e. The first-order chi connectivity index (χ1) is 7.59. The molecule has 0 unspecified atom stereocenters. The number of amides is 1. The van der Waals surface area contributed by atoms with Gasteiger partial charge in [0.1, 0.15) is 5.76 Å². The third kappa shape index (κ3) is 4.49. The quantitative estimate of drug-likeness (QED) is 0.754. The molecule has 1 N–H and O–H groups in total. The number of nitrogens with one attached hydrogen (secondary N) is 1. The van der Waals surface area contributed by atoms with E-state index < -0.39 is 0 Å². The van der Waals surface area contributed by atoms with Crippen LogP contribution in [0.4, 0.5) is 0 Å². The molecule has 0 bridgehead atoms. The van der Waals surface area contributed by atoms with Gasteiger partial charge in [0.2, 0.25) is 0 Å². The molecule has 16 heavy (non-hydrogen) atoms. The molecule has 1 aromatic heterocycles. The van der Waals surface area contributed by atoms with E-state index >= 15 is 0 Å². The highest BCUT2D eigenvalue weighted by atomic mass is 16.5. The van der Waals surface area contributed by atoms with E-state index in [9.17, 15) is 4.79 Å². The first kappa shape index (κ1) is 12.8. The van der Waals surface area contributed by atoms with Crippen molar-refractivity contribution in [3.8, 4) is 0 Å². The Morgan fingerprint density at radius 2 is 2.25 bits per heavy atom. The molecule has 0 saturated heterocycles. The number of aryl methyl sites for hydroxylation is 1. The van der Waals surface area contributed by atoms with Gasteiger partial charge in [0.15, 0.2) is 5.76 Å². The van der Waals surface area contributed by atoms with Crippen LogP contribution in [0.3, 0.4) is 0 Å². The van der Waals surface area contributed by atoms with Crippen LogP contribution in [0.25, 0.3) is 0 Å². The van der Waals surface area contributed by atoms with Crippen molar-refractivity contribution in [1.29, 1.82) is 0 Å². The van der Waals surface area contributed by atoms with Crippen molar-refractivity contribution < 1.29 is 13.9 Å². The van der Waals surface area contributed by atoms with Gasteiger partial charge in [0.05, 0.1) is 6.10 Å². The topological polar surface area (TPSA) is 51.5 Å². The highest BCUT2D eigenvalue weighted by Gasteiger charge is 2.08. The molecule has 1 heterocycles. The Bertz CT molecular complexity index is 331. The summed E-state index contributed by atoms with van der Waals surface area (Å²) in [7, 11) is 0. The van der Waals surface area contributed by atoms with E-state index in [1.165, 1.54) is 0 Å². The van der Waals surface area contributed by atoms with E-state index in [2.05, 4.69) is 5.32 Å². The summed E-state index contributed by atoms with van der Waals surface area (Å²) in [5.41, 5.74) is 0. The number of rotatable bonds is 6. The Kier molecular flexibility index (Phi) is 5.05. The Balaban J connectivity index is 2.16. The predicted octanol–water partition coefficient (Wildman–Crippen LogP) is 2.13. The lowest BCUT2D eigenvalue weighted by Gasteiger charge is -2.07. The first-order valence-electron chi connectivity index (χ1n) is 5.56. The second kappa shape index (κ2) is 6.33. The minimum absolute atomic E-state index is 0.169. The lowest BCUT2D eigenvalue weighted by atomic mass is 10.4. The number of carbonyl (C=O) groups excluding carboxylic acids is 1. The molecule has 0 saturated carbocycles. The van der Waals surface area contributed by atoms with Crippen molar-refractivity contribution in [3.63, 3.8) is 0 Å². The van der Waals surface area contributed by atoms with Crippen LogP contribution in [0.15, 0.2) is 16.5 Å². The summed E-state index contributed by atoms with van der Waals surface area (Å²) in [6.07, 6.45) is 1.05. The van der Waals surface area contributed by atoms with Gasteiger partial charge in [-0.3, -0.25) is 4.79 Å². The molecule has 0 fully saturated rings. The zero-order valence-electron chi connectivity index (χ0n) is 10.1. The summed E-state index contributed by atoms with van der Waals surface area (Å²) in [5, 5.41) is 2.77. The van der Waals surface area contributed by atoms with Gasteiger partial charge in [-0.15, -0.1) is 0 Å². The highest BCUT2D eigenvalue weighted by molar-refractivity contribution is 5.91. The molecule has 0 aliphatic carbocycles. The van der Waals surface area contributed by atoms with E-state index in [1.54, 1.807) is 12.1 Å². The maximum atomic E-state index is 11.5. The Labute approximate surface area is 96.0 Å². The van der Waals surface area contributed by atoms with Gasteiger partial charge in [-0.05, 0) is 39.3 Å². The van der Waals surface area contributed by atoms with Gasteiger partial charge in [-0.1, -0.05) is 0 Å². The van der Waals surface area contributed by atoms with Gasteiger partial charge in [-0.2, -0.15) is 0 Å². The lowest BCUT2D eigenvalue weighted by Crippen LogP contribution is -2.25. The van der Waals surface area contributed by atoms with E-state index in [0.717, 1.165) is 12.2 Å². The van der Waals surface area contributed by atoms with Crippen LogP contribution < -0.4 is 5.32 Å². The standard InChI is InChI=1S/C12H19NO3/c1-9(2)15-8-4-7-13-12(14)11-6-5-10(3)16-11/h5-6,9H,4,7-8H2,1-3H3,(H,13,14). The summed E-state index contributed by atoms with van der Waals surface area (Å²) in [5.74, 6) is 0.938. The number of ether oxygens (including phenoxy) is 1.